The zero-order valence-corrected chi connectivity index (χ0v) is 26.0. The normalized spacial score (nSPS) is 15.3. The topological polar surface area (TPSA) is 163 Å². The molecular formula is C33H48N6O6. The van der Waals surface area contributed by atoms with Gasteiger partial charge in [0.05, 0.1) is 0 Å². The standard InChI is InChI=1S/C17H25N3O3.C16H23N3O3/c21-16(19-23)8-4-7-14-9-11-20(12-10-14)17(22)18-13-15-5-2-1-3-6-15;20-15(18-22)8-4-5-13-9-11-19(12-10-13)16(21)17-14-6-2-1-3-7-14/h1-3,5-6,14,23H,4,7-13H2,(H,18,22)(H,19,21);1-3,6-7,13,22H,4-5,8-12H2,(H,17,21)(H,18,20). The molecule has 6 N–H and O–H groups in total. The van der Waals surface area contributed by atoms with Gasteiger partial charge in [0.25, 0.3) is 0 Å². The van der Waals surface area contributed by atoms with E-state index < -0.39 is 0 Å². The van der Waals surface area contributed by atoms with E-state index in [-0.39, 0.29) is 23.9 Å². The first-order valence-corrected chi connectivity index (χ1v) is 15.9. The van der Waals surface area contributed by atoms with Crippen LogP contribution in [0.5, 0.6) is 0 Å². The molecule has 12 nitrogen and oxygen atoms in total. The summed E-state index contributed by atoms with van der Waals surface area (Å²) >= 11 is 0. The monoisotopic (exact) mass is 624 g/mol. The summed E-state index contributed by atoms with van der Waals surface area (Å²) in [6.07, 6.45) is 8.05. The minimum absolute atomic E-state index is 0.00744. The molecule has 0 unspecified atom stereocenters. The van der Waals surface area contributed by atoms with Crippen LogP contribution in [0.3, 0.4) is 0 Å². The fraction of sp³-hybridized carbons (Fsp3) is 0.515. The highest BCUT2D eigenvalue weighted by molar-refractivity contribution is 5.89. The summed E-state index contributed by atoms with van der Waals surface area (Å²) in [6, 6.07) is 19.3. The van der Waals surface area contributed by atoms with Crippen molar-refractivity contribution in [2.75, 3.05) is 31.5 Å². The number of piperidine rings is 2. The minimum Gasteiger partial charge on any atom is -0.334 e. The van der Waals surface area contributed by atoms with E-state index in [9.17, 15) is 19.2 Å². The number of benzene rings is 2. The number of nitrogens with one attached hydrogen (secondary N) is 4. The van der Waals surface area contributed by atoms with Crippen molar-refractivity contribution in [2.24, 2.45) is 11.8 Å². The Bertz CT molecular complexity index is 1170. The Morgan fingerprint density at radius 1 is 0.644 bits per heavy atom. The lowest BCUT2D eigenvalue weighted by atomic mass is 9.91. The highest BCUT2D eigenvalue weighted by Gasteiger charge is 2.24. The molecule has 0 bridgehead atoms. The molecule has 2 aliphatic rings. The van der Waals surface area contributed by atoms with Gasteiger partial charge in [0.15, 0.2) is 0 Å². The maximum Gasteiger partial charge on any atom is 0.321 e. The van der Waals surface area contributed by atoms with E-state index in [1.54, 1.807) is 11.0 Å². The van der Waals surface area contributed by atoms with Gasteiger partial charge in [-0.05, 0) is 80.9 Å². The van der Waals surface area contributed by atoms with Gasteiger partial charge in [-0.3, -0.25) is 20.0 Å². The van der Waals surface area contributed by atoms with Crippen molar-refractivity contribution >= 4 is 29.6 Å². The Morgan fingerprint density at radius 2 is 1.09 bits per heavy atom. The first-order chi connectivity index (χ1) is 21.9. The molecule has 0 radical (unpaired) electrons. The second-order valence-electron chi connectivity index (χ2n) is 11.7. The number of hydroxylamine groups is 2. The van der Waals surface area contributed by atoms with Crippen LogP contribution in [-0.4, -0.2) is 70.3 Å². The molecule has 2 saturated heterocycles. The van der Waals surface area contributed by atoms with Gasteiger partial charge in [-0.2, -0.15) is 0 Å². The molecule has 2 aromatic rings. The second-order valence-corrected chi connectivity index (χ2v) is 11.7. The molecule has 0 saturated carbocycles. The van der Waals surface area contributed by atoms with Gasteiger partial charge in [0.1, 0.15) is 0 Å². The second kappa shape index (κ2) is 20.0. The van der Waals surface area contributed by atoms with Crippen LogP contribution in [-0.2, 0) is 16.1 Å². The van der Waals surface area contributed by atoms with Gasteiger partial charge in [-0.15, -0.1) is 0 Å². The Morgan fingerprint density at radius 3 is 1.56 bits per heavy atom. The number of anilines is 1. The number of nitrogens with zero attached hydrogens (tertiary/aromatic N) is 2. The number of rotatable bonds is 11. The van der Waals surface area contributed by atoms with Crippen molar-refractivity contribution in [1.82, 2.24) is 26.1 Å². The quantitative estimate of drug-likeness (QED) is 0.154. The number of likely N-dealkylation sites (tertiary alicyclic amines) is 2. The van der Waals surface area contributed by atoms with E-state index in [4.69, 9.17) is 10.4 Å². The van der Waals surface area contributed by atoms with Crippen LogP contribution >= 0.6 is 0 Å². The molecule has 0 atom stereocenters. The van der Waals surface area contributed by atoms with E-state index in [0.717, 1.165) is 88.8 Å². The zero-order valence-electron chi connectivity index (χ0n) is 26.0. The van der Waals surface area contributed by atoms with Gasteiger partial charge >= 0.3 is 12.1 Å². The van der Waals surface area contributed by atoms with Crippen LogP contribution in [0.1, 0.15) is 69.8 Å². The Labute approximate surface area is 265 Å². The zero-order chi connectivity index (χ0) is 32.3. The predicted octanol–water partition coefficient (Wildman–Crippen LogP) is 4.89. The number of carbonyl (C=O) groups excluding carboxylic acids is 4. The summed E-state index contributed by atoms with van der Waals surface area (Å²) in [5, 5.41) is 22.7. The van der Waals surface area contributed by atoms with Crippen molar-refractivity contribution < 1.29 is 29.6 Å². The number of urea groups is 2. The minimum atomic E-state index is -0.334. The Hall–Kier alpha value is -4.16. The maximum atomic E-state index is 12.2. The highest BCUT2D eigenvalue weighted by Crippen LogP contribution is 2.24. The lowest BCUT2D eigenvalue weighted by molar-refractivity contribution is -0.130. The molecule has 2 fully saturated rings. The van der Waals surface area contributed by atoms with Crippen molar-refractivity contribution in [1.29, 1.82) is 0 Å². The van der Waals surface area contributed by atoms with E-state index in [0.29, 0.717) is 31.2 Å². The third-order valence-electron chi connectivity index (χ3n) is 8.40. The van der Waals surface area contributed by atoms with Gasteiger partial charge in [0, 0.05) is 51.3 Å². The molecule has 6 amide bonds. The molecule has 45 heavy (non-hydrogen) atoms. The summed E-state index contributed by atoms with van der Waals surface area (Å²) < 4.78 is 0. The summed E-state index contributed by atoms with van der Waals surface area (Å²) in [5.74, 6) is 0.439. The van der Waals surface area contributed by atoms with Crippen molar-refractivity contribution in [2.45, 2.75) is 70.8 Å². The van der Waals surface area contributed by atoms with E-state index >= 15 is 0 Å². The number of carbonyl (C=O) groups is 4. The highest BCUT2D eigenvalue weighted by atomic mass is 16.5. The van der Waals surface area contributed by atoms with E-state index in [1.165, 1.54) is 0 Å². The average molecular weight is 625 g/mol. The van der Waals surface area contributed by atoms with Crippen LogP contribution in [0, 0.1) is 11.8 Å². The molecule has 0 spiro atoms. The molecule has 12 heteroatoms. The molecule has 0 aliphatic carbocycles. The number of amides is 6. The van der Waals surface area contributed by atoms with Crippen molar-refractivity contribution in [3.8, 4) is 0 Å². The third kappa shape index (κ3) is 13.6. The van der Waals surface area contributed by atoms with Crippen LogP contribution < -0.4 is 21.6 Å². The van der Waals surface area contributed by atoms with Gasteiger partial charge in [-0.25, -0.2) is 20.5 Å². The largest absolute Gasteiger partial charge is 0.334 e. The number of hydrogen-bond donors (Lipinski definition) is 6. The van der Waals surface area contributed by atoms with Crippen molar-refractivity contribution in [3.05, 3.63) is 66.2 Å². The lowest BCUT2D eigenvalue weighted by Gasteiger charge is -2.32. The molecule has 2 aromatic carbocycles. The van der Waals surface area contributed by atoms with Crippen LogP contribution in [0.15, 0.2) is 60.7 Å². The smallest absolute Gasteiger partial charge is 0.321 e. The third-order valence-corrected chi connectivity index (χ3v) is 8.40. The number of para-hydroxylation sites is 1. The SMILES string of the molecule is O=C(CCCC1CCN(C(=O)NCc2ccccc2)CC1)NO.O=C(CCCC1CCN(C(=O)Nc2ccccc2)CC1)NO. The fourth-order valence-electron chi connectivity index (χ4n) is 5.67. The molecular weight excluding hydrogens is 576 g/mol. The number of hydrogen-bond acceptors (Lipinski definition) is 6. The molecule has 4 rings (SSSR count). The van der Waals surface area contributed by atoms with Gasteiger partial charge in [-0.1, -0.05) is 48.5 Å². The van der Waals surface area contributed by atoms with Crippen LogP contribution in [0.2, 0.25) is 0 Å². The summed E-state index contributed by atoms with van der Waals surface area (Å²) in [4.78, 5) is 49.9. The van der Waals surface area contributed by atoms with Gasteiger partial charge in [0.2, 0.25) is 11.8 Å². The molecule has 2 aliphatic heterocycles. The average Bonchev–Trinajstić information content (AvgIpc) is 3.08. The summed E-state index contributed by atoms with van der Waals surface area (Å²) in [7, 11) is 0. The first-order valence-electron chi connectivity index (χ1n) is 15.9. The fourth-order valence-corrected chi connectivity index (χ4v) is 5.67. The summed E-state index contributed by atoms with van der Waals surface area (Å²) in [5.41, 5.74) is 5.20. The van der Waals surface area contributed by atoms with Crippen LogP contribution in [0.25, 0.3) is 0 Å². The van der Waals surface area contributed by atoms with Crippen LogP contribution in [0.4, 0.5) is 15.3 Å². The Balaban J connectivity index is 0.000000246. The Kier molecular flexibility index (Phi) is 15.7. The molecule has 246 valence electrons. The lowest BCUT2D eigenvalue weighted by Crippen LogP contribution is -2.44. The summed E-state index contributed by atoms with van der Waals surface area (Å²) in [6.45, 7) is 3.57. The predicted molar refractivity (Wildman–Crippen MR) is 170 cm³/mol. The van der Waals surface area contributed by atoms with E-state index in [2.05, 4.69) is 10.6 Å². The van der Waals surface area contributed by atoms with Gasteiger partial charge < -0.3 is 20.4 Å². The first kappa shape index (κ1) is 35.3. The maximum absolute atomic E-state index is 12.2. The van der Waals surface area contributed by atoms with E-state index in [1.807, 2.05) is 70.5 Å². The molecule has 0 aromatic heterocycles. The molecule has 2 heterocycles. The van der Waals surface area contributed by atoms with Crippen molar-refractivity contribution in [3.63, 3.8) is 0 Å².